The van der Waals surface area contributed by atoms with E-state index in [1.165, 1.54) is 6.42 Å². The van der Waals surface area contributed by atoms with Gasteiger partial charge in [0.25, 0.3) is 0 Å². The normalized spacial score (nSPS) is 21.5. The average Bonchev–Trinajstić information content (AvgIpc) is 2.17. The van der Waals surface area contributed by atoms with Gasteiger partial charge in [0.05, 0.1) is 6.54 Å². The lowest BCUT2D eigenvalue weighted by molar-refractivity contribution is -0.121. The highest BCUT2D eigenvalue weighted by molar-refractivity contribution is 5.95. The smallest absolute Gasteiger partial charge is 0.321 e. The van der Waals surface area contributed by atoms with Gasteiger partial charge in [0, 0.05) is 13.1 Å². The average molecular weight is 227 g/mol. The van der Waals surface area contributed by atoms with Crippen molar-refractivity contribution in [2.75, 3.05) is 26.2 Å². The van der Waals surface area contributed by atoms with Crippen molar-refractivity contribution >= 4 is 11.9 Å². The Labute approximate surface area is 96.6 Å². The summed E-state index contributed by atoms with van der Waals surface area (Å²) in [5.74, 6) is 0.422. The largest absolute Gasteiger partial charge is 0.338 e. The number of nitrogens with one attached hydrogen (secondary N) is 2. The molecule has 1 heterocycles. The molecule has 1 fully saturated rings. The number of imide groups is 1. The van der Waals surface area contributed by atoms with Crippen LogP contribution in [0.4, 0.5) is 4.79 Å². The topological polar surface area (TPSA) is 61.4 Å². The molecule has 5 nitrogen and oxygen atoms in total. The number of nitrogens with zero attached hydrogens (tertiary/aromatic N) is 1. The van der Waals surface area contributed by atoms with Gasteiger partial charge in [0.15, 0.2) is 0 Å². The number of rotatable bonds is 3. The van der Waals surface area contributed by atoms with E-state index in [0.717, 1.165) is 19.5 Å². The number of hydrogen-bond acceptors (Lipinski definition) is 3. The molecule has 3 amide bonds. The highest BCUT2D eigenvalue weighted by Gasteiger charge is 2.19. The SMILES string of the molecule is CCNC(=O)NC(=O)CN1CCCC(C)C1. The molecular formula is C11H21N3O2. The Balaban J connectivity index is 2.25. The van der Waals surface area contributed by atoms with Gasteiger partial charge in [-0.3, -0.25) is 15.0 Å². The molecule has 1 unspecified atom stereocenters. The second kappa shape index (κ2) is 6.48. The minimum atomic E-state index is -0.405. The van der Waals surface area contributed by atoms with Gasteiger partial charge in [-0.1, -0.05) is 6.92 Å². The van der Waals surface area contributed by atoms with Crippen LogP contribution in [0.25, 0.3) is 0 Å². The van der Waals surface area contributed by atoms with Crippen molar-refractivity contribution in [2.24, 2.45) is 5.92 Å². The van der Waals surface area contributed by atoms with Crippen LogP contribution in [0.5, 0.6) is 0 Å². The van der Waals surface area contributed by atoms with Gasteiger partial charge in [0.2, 0.25) is 5.91 Å². The van der Waals surface area contributed by atoms with Crippen LogP contribution < -0.4 is 10.6 Å². The number of carbonyl (C=O) groups is 2. The first kappa shape index (κ1) is 13.0. The fourth-order valence-corrected chi connectivity index (χ4v) is 2.00. The number of piperidine rings is 1. The fraction of sp³-hybridized carbons (Fsp3) is 0.818. The molecule has 0 bridgehead atoms. The molecule has 1 atom stereocenters. The zero-order valence-electron chi connectivity index (χ0n) is 10.1. The molecule has 0 aromatic rings. The maximum atomic E-state index is 11.5. The van der Waals surface area contributed by atoms with Crippen molar-refractivity contribution in [3.05, 3.63) is 0 Å². The predicted molar refractivity (Wildman–Crippen MR) is 62.1 cm³/mol. The first-order valence-electron chi connectivity index (χ1n) is 5.91. The molecule has 0 aromatic heterocycles. The third-order valence-corrected chi connectivity index (χ3v) is 2.70. The number of hydrogen-bond donors (Lipinski definition) is 2. The molecule has 1 aliphatic heterocycles. The number of urea groups is 1. The van der Waals surface area contributed by atoms with Gasteiger partial charge in [-0.15, -0.1) is 0 Å². The Hall–Kier alpha value is -1.10. The lowest BCUT2D eigenvalue weighted by atomic mass is 10.0. The van der Waals surface area contributed by atoms with E-state index in [9.17, 15) is 9.59 Å². The van der Waals surface area contributed by atoms with E-state index in [0.29, 0.717) is 19.0 Å². The molecule has 0 spiro atoms. The standard InChI is InChI=1S/C11H21N3O2/c1-3-12-11(16)13-10(15)8-14-6-4-5-9(2)7-14/h9H,3-8H2,1-2H3,(H2,12,13,15,16). The number of likely N-dealkylation sites (tertiary alicyclic amines) is 1. The van der Waals surface area contributed by atoms with Crippen molar-refractivity contribution in [3.63, 3.8) is 0 Å². The Morgan fingerprint density at radius 2 is 2.19 bits per heavy atom. The lowest BCUT2D eigenvalue weighted by Gasteiger charge is -2.29. The predicted octanol–water partition coefficient (Wildman–Crippen LogP) is 0.564. The van der Waals surface area contributed by atoms with Crippen LogP contribution in [0.3, 0.4) is 0 Å². The Kier molecular flexibility index (Phi) is 5.25. The molecule has 2 N–H and O–H groups in total. The van der Waals surface area contributed by atoms with Gasteiger partial charge < -0.3 is 5.32 Å². The molecule has 1 rings (SSSR count). The lowest BCUT2D eigenvalue weighted by Crippen LogP contribution is -2.46. The first-order valence-corrected chi connectivity index (χ1v) is 5.91. The number of amides is 3. The zero-order chi connectivity index (χ0) is 12.0. The van der Waals surface area contributed by atoms with Crippen LogP contribution in [0, 0.1) is 5.92 Å². The van der Waals surface area contributed by atoms with Crippen LogP contribution in [0.2, 0.25) is 0 Å². The third kappa shape index (κ3) is 4.61. The summed E-state index contributed by atoms with van der Waals surface area (Å²) in [6.45, 7) is 6.75. The van der Waals surface area contributed by atoms with E-state index in [2.05, 4.69) is 22.5 Å². The van der Waals surface area contributed by atoms with Crippen LogP contribution >= 0.6 is 0 Å². The fourth-order valence-electron chi connectivity index (χ4n) is 2.00. The molecule has 1 aliphatic rings. The summed E-state index contributed by atoms with van der Waals surface area (Å²) in [5.41, 5.74) is 0. The summed E-state index contributed by atoms with van der Waals surface area (Å²) in [6, 6.07) is -0.405. The minimum Gasteiger partial charge on any atom is -0.338 e. The van der Waals surface area contributed by atoms with Crippen molar-refractivity contribution in [1.29, 1.82) is 0 Å². The molecule has 0 radical (unpaired) electrons. The Morgan fingerprint density at radius 3 is 2.81 bits per heavy atom. The van der Waals surface area contributed by atoms with Gasteiger partial charge in [-0.25, -0.2) is 4.79 Å². The first-order chi connectivity index (χ1) is 7.61. The molecule has 0 aromatic carbocycles. The maximum absolute atomic E-state index is 11.5. The monoisotopic (exact) mass is 227 g/mol. The van der Waals surface area contributed by atoms with Crippen molar-refractivity contribution in [2.45, 2.75) is 26.7 Å². The molecule has 16 heavy (non-hydrogen) atoms. The van der Waals surface area contributed by atoms with E-state index in [-0.39, 0.29) is 5.91 Å². The van der Waals surface area contributed by atoms with Crippen LogP contribution in [-0.2, 0) is 4.79 Å². The molecule has 0 aliphatic carbocycles. The Morgan fingerprint density at radius 1 is 1.44 bits per heavy atom. The van der Waals surface area contributed by atoms with Crippen LogP contribution in [0.1, 0.15) is 26.7 Å². The molecule has 1 saturated heterocycles. The van der Waals surface area contributed by atoms with Gasteiger partial charge in [-0.2, -0.15) is 0 Å². The minimum absolute atomic E-state index is 0.222. The van der Waals surface area contributed by atoms with E-state index in [1.54, 1.807) is 0 Å². The van der Waals surface area contributed by atoms with Crippen molar-refractivity contribution < 1.29 is 9.59 Å². The summed E-state index contributed by atoms with van der Waals surface area (Å²) in [4.78, 5) is 24.7. The highest BCUT2D eigenvalue weighted by Crippen LogP contribution is 2.14. The number of carbonyl (C=O) groups excluding carboxylic acids is 2. The summed E-state index contributed by atoms with van der Waals surface area (Å²) >= 11 is 0. The quantitative estimate of drug-likeness (QED) is 0.740. The van der Waals surface area contributed by atoms with E-state index < -0.39 is 6.03 Å². The van der Waals surface area contributed by atoms with Gasteiger partial charge in [-0.05, 0) is 32.2 Å². The second-order valence-corrected chi connectivity index (χ2v) is 4.39. The highest BCUT2D eigenvalue weighted by atomic mass is 16.2. The zero-order valence-corrected chi connectivity index (χ0v) is 10.1. The van der Waals surface area contributed by atoms with Gasteiger partial charge >= 0.3 is 6.03 Å². The van der Waals surface area contributed by atoms with Gasteiger partial charge in [0.1, 0.15) is 0 Å². The summed E-state index contributed by atoms with van der Waals surface area (Å²) in [6.07, 6.45) is 2.37. The van der Waals surface area contributed by atoms with Crippen molar-refractivity contribution in [1.82, 2.24) is 15.5 Å². The second-order valence-electron chi connectivity index (χ2n) is 4.39. The van der Waals surface area contributed by atoms with E-state index in [1.807, 2.05) is 6.92 Å². The van der Waals surface area contributed by atoms with Crippen molar-refractivity contribution in [3.8, 4) is 0 Å². The van der Waals surface area contributed by atoms with Crippen LogP contribution in [0.15, 0.2) is 0 Å². The van der Waals surface area contributed by atoms with E-state index in [4.69, 9.17) is 0 Å². The molecule has 5 heteroatoms. The molecule has 92 valence electrons. The molecular weight excluding hydrogens is 206 g/mol. The summed E-state index contributed by atoms with van der Waals surface area (Å²) in [7, 11) is 0. The van der Waals surface area contributed by atoms with E-state index >= 15 is 0 Å². The Bertz CT molecular complexity index is 256. The molecule has 0 saturated carbocycles. The summed E-state index contributed by atoms with van der Waals surface area (Å²) in [5, 5.41) is 4.85. The summed E-state index contributed by atoms with van der Waals surface area (Å²) < 4.78 is 0. The van der Waals surface area contributed by atoms with Crippen LogP contribution in [-0.4, -0.2) is 43.0 Å². The third-order valence-electron chi connectivity index (χ3n) is 2.70. The maximum Gasteiger partial charge on any atom is 0.321 e.